The highest BCUT2D eigenvalue weighted by atomic mass is 16.4. The Morgan fingerprint density at radius 3 is 2.03 bits per heavy atom. The third-order valence-electron chi connectivity index (χ3n) is 5.06. The number of amides is 4. The van der Waals surface area contributed by atoms with Gasteiger partial charge in [-0.05, 0) is 45.4 Å². The van der Waals surface area contributed by atoms with E-state index in [1.54, 1.807) is 19.1 Å². The first kappa shape index (κ1) is 27.0. The monoisotopic (exact) mass is 488 g/mol. The van der Waals surface area contributed by atoms with Gasteiger partial charge in [0.05, 0.1) is 6.42 Å². The number of benzene rings is 1. The number of carboxylic acids is 1. The van der Waals surface area contributed by atoms with Crippen LogP contribution in [0.25, 0.3) is 11.0 Å². The minimum absolute atomic E-state index is 0.279. The van der Waals surface area contributed by atoms with Crippen molar-refractivity contribution in [1.82, 2.24) is 16.0 Å². The van der Waals surface area contributed by atoms with Crippen LogP contribution in [0.4, 0.5) is 5.69 Å². The van der Waals surface area contributed by atoms with Gasteiger partial charge in [-0.3, -0.25) is 24.0 Å². The van der Waals surface area contributed by atoms with Crippen molar-refractivity contribution < 1.29 is 33.5 Å². The van der Waals surface area contributed by atoms with Crippen molar-refractivity contribution >= 4 is 46.3 Å². The second-order valence-corrected chi connectivity index (χ2v) is 8.09. The zero-order valence-electron chi connectivity index (χ0n) is 19.8. The van der Waals surface area contributed by atoms with Crippen molar-refractivity contribution in [1.29, 1.82) is 0 Å². The lowest BCUT2D eigenvalue weighted by Gasteiger charge is -2.20. The van der Waals surface area contributed by atoms with Crippen LogP contribution in [-0.2, 0) is 24.0 Å². The molecule has 0 saturated carbocycles. The highest BCUT2D eigenvalue weighted by molar-refractivity contribution is 5.99. The SMILES string of the molecule is Cc1cc(=O)oc2cc(NC(=O)C(C)NC(=O)C(C)NC(=O)C(C)NC(=O)CCC(=O)O)ccc12. The van der Waals surface area contributed by atoms with Gasteiger partial charge in [-0.1, -0.05) is 0 Å². The number of carboxylic acid groups (broad SMARTS) is 1. The fourth-order valence-electron chi connectivity index (χ4n) is 3.06. The smallest absolute Gasteiger partial charge is 0.336 e. The van der Waals surface area contributed by atoms with Gasteiger partial charge in [0.25, 0.3) is 0 Å². The number of carbonyl (C=O) groups excluding carboxylic acids is 4. The quantitative estimate of drug-likeness (QED) is 0.298. The Bertz CT molecular complexity index is 1210. The van der Waals surface area contributed by atoms with Crippen molar-refractivity contribution in [3.8, 4) is 0 Å². The lowest BCUT2D eigenvalue weighted by atomic mass is 10.1. The van der Waals surface area contributed by atoms with E-state index < -0.39 is 53.3 Å². The average Bonchev–Trinajstić information content (AvgIpc) is 2.76. The van der Waals surface area contributed by atoms with E-state index in [1.165, 1.54) is 32.9 Å². The Morgan fingerprint density at radius 2 is 1.43 bits per heavy atom. The van der Waals surface area contributed by atoms with Gasteiger partial charge in [0, 0.05) is 29.6 Å². The van der Waals surface area contributed by atoms with Crippen LogP contribution in [0, 0.1) is 6.92 Å². The number of hydrogen-bond acceptors (Lipinski definition) is 7. The molecule has 0 aliphatic rings. The zero-order chi connectivity index (χ0) is 26.3. The fraction of sp³-hybridized carbons (Fsp3) is 0.391. The molecule has 12 nitrogen and oxygen atoms in total. The van der Waals surface area contributed by atoms with Crippen LogP contribution in [0.1, 0.15) is 39.2 Å². The van der Waals surface area contributed by atoms with Gasteiger partial charge in [-0.25, -0.2) is 4.79 Å². The normalized spacial score (nSPS) is 13.3. The van der Waals surface area contributed by atoms with Gasteiger partial charge in [0.1, 0.15) is 23.7 Å². The van der Waals surface area contributed by atoms with E-state index in [0.29, 0.717) is 11.3 Å². The zero-order valence-corrected chi connectivity index (χ0v) is 19.8. The van der Waals surface area contributed by atoms with Crippen molar-refractivity contribution in [2.75, 3.05) is 5.32 Å². The number of anilines is 1. The molecule has 5 N–H and O–H groups in total. The minimum Gasteiger partial charge on any atom is -0.481 e. The molecular formula is C23H28N4O8. The summed E-state index contributed by atoms with van der Waals surface area (Å²) in [5, 5.41) is 19.2. The van der Waals surface area contributed by atoms with Crippen molar-refractivity contribution in [3.05, 3.63) is 40.2 Å². The van der Waals surface area contributed by atoms with E-state index in [2.05, 4.69) is 21.3 Å². The predicted octanol–water partition coefficient (Wildman–Crippen LogP) is 0.419. The van der Waals surface area contributed by atoms with E-state index in [9.17, 15) is 28.8 Å². The molecule has 12 heteroatoms. The fourth-order valence-corrected chi connectivity index (χ4v) is 3.06. The topological polar surface area (TPSA) is 184 Å². The number of fused-ring (bicyclic) bond motifs is 1. The molecule has 0 fully saturated rings. The van der Waals surface area contributed by atoms with Crippen molar-refractivity contribution in [2.45, 2.75) is 58.7 Å². The number of hydrogen-bond donors (Lipinski definition) is 5. The molecule has 0 saturated heterocycles. The minimum atomic E-state index is -1.14. The summed E-state index contributed by atoms with van der Waals surface area (Å²) in [7, 11) is 0. The molecule has 1 aromatic heterocycles. The summed E-state index contributed by atoms with van der Waals surface area (Å²) in [5.74, 6) is -3.57. The van der Waals surface area contributed by atoms with Crippen LogP contribution in [-0.4, -0.2) is 52.8 Å². The third kappa shape index (κ3) is 7.95. The molecule has 4 amide bonds. The summed E-state index contributed by atoms with van der Waals surface area (Å²) in [4.78, 5) is 70.9. The van der Waals surface area contributed by atoms with E-state index in [0.717, 1.165) is 10.9 Å². The van der Waals surface area contributed by atoms with E-state index >= 15 is 0 Å². The Hall–Kier alpha value is -4.22. The van der Waals surface area contributed by atoms with E-state index in [4.69, 9.17) is 9.52 Å². The van der Waals surface area contributed by atoms with Crippen LogP contribution in [0.3, 0.4) is 0 Å². The van der Waals surface area contributed by atoms with Gasteiger partial charge in [0.2, 0.25) is 23.6 Å². The number of aliphatic carboxylic acids is 1. The van der Waals surface area contributed by atoms with Crippen molar-refractivity contribution in [3.63, 3.8) is 0 Å². The summed E-state index contributed by atoms with van der Waals surface area (Å²) >= 11 is 0. The molecular weight excluding hydrogens is 460 g/mol. The summed E-state index contributed by atoms with van der Waals surface area (Å²) < 4.78 is 5.16. The first-order chi connectivity index (χ1) is 16.4. The number of nitrogens with one attached hydrogen (secondary N) is 4. The molecule has 3 atom stereocenters. The van der Waals surface area contributed by atoms with Gasteiger partial charge in [-0.15, -0.1) is 0 Å². The predicted molar refractivity (Wildman–Crippen MR) is 126 cm³/mol. The average molecular weight is 488 g/mol. The van der Waals surface area contributed by atoms with Gasteiger partial charge >= 0.3 is 11.6 Å². The Kier molecular flexibility index (Phi) is 9.09. The van der Waals surface area contributed by atoms with Crippen LogP contribution in [0.2, 0.25) is 0 Å². The molecule has 2 aromatic rings. The molecule has 0 aliphatic carbocycles. The lowest BCUT2D eigenvalue weighted by molar-refractivity contribution is -0.139. The summed E-state index contributed by atoms with van der Waals surface area (Å²) in [5.41, 5.74) is 0.903. The van der Waals surface area contributed by atoms with Crippen molar-refractivity contribution in [2.24, 2.45) is 0 Å². The summed E-state index contributed by atoms with van der Waals surface area (Å²) in [6, 6.07) is 3.23. The summed E-state index contributed by atoms with van der Waals surface area (Å²) in [6.45, 7) is 6.02. The van der Waals surface area contributed by atoms with Gasteiger partial charge in [0.15, 0.2) is 0 Å². The van der Waals surface area contributed by atoms with E-state index in [-0.39, 0.29) is 12.8 Å². The standard InChI is InChI=1S/C23H28N4O8/c1-11-9-20(31)35-17-10-15(5-6-16(11)17)27-23(34)14(4)26-22(33)13(3)25-21(32)12(2)24-18(28)7-8-19(29)30/h5-6,9-10,12-14H,7-8H2,1-4H3,(H,24,28)(H,25,32)(H,26,33)(H,27,34)(H,29,30). The van der Waals surface area contributed by atoms with Crippen LogP contribution in [0.5, 0.6) is 0 Å². The maximum Gasteiger partial charge on any atom is 0.336 e. The summed E-state index contributed by atoms with van der Waals surface area (Å²) in [6.07, 6.45) is -0.648. The first-order valence-corrected chi connectivity index (χ1v) is 10.8. The molecule has 0 radical (unpaired) electrons. The van der Waals surface area contributed by atoms with Gasteiger partial charge < -0.3 is 30.8 Å². The molecule has 0 bridgehead atoms. The maximum absolute atomic E-state index is 12.5. The highest BCUT2D eigenvalue weighted by Crippen LogP contribution is 2.20. The van der Waals surface area contributed by atoms with Crippen LogP contribution >= 0.6 is 0 Å². The number of aryl methyl sites for hydroxylation is 1. The lowest BCUT2D eigenvalue weighted by Crippen LogP contribution is -2.54. The van der Waals surface area contributed by atoms with Crippen LogP contribution < -0.4 is 26.9 Å². The van der Waals surface area contributed by atoms with E-state index in [1.807, 2.05) is 0 Å². The number of rotatable bonds is 10. The molecule has 1 aromatic carbocycles. The Labute approximate surface area is 200 Å². The Balaban J connectivity index is 1.89. The molecule has 35 heavy (non-hydrogen) atoms. The highest BCUT2D eigenvalue weighted by Gasteiger charge is 2.24. The van der Waals surface area contributed by atoms with Crippen LogP contribution in [0.15, 0.2) is 33.5 Å². The molecule has 3 unspecified atom stereocenters. The Morgan fingerprint density at radius 1 is 0.857 bits per heavy atom. The maximum atomic E-state index is 12.5. The third-order valence-corrected chi connectivity index (χ3v) is 5.06. The molecule has 0 aliphatic heterocycles. The molecule has 1 heterocycles. The first-order valence-electron chi connectivity index (χ1n) is 10.8. The second-order valence-electron chi connectivity index (χ2n) is 8.09. The second kappa shape index (κ2) is 11.8. The largest absolute Gasteiger partial charge is 0.481 e. The molecule has 0 spiro atoms. The number of carbonyl (C=O) groups is 5. The molecule has 2 rings (SSSR count). The molecule has 188 valence electrons. The van der Waals surface area contributed by atoms with Gasteiger partial charge in [-0.2, -0.15) is 0 Å².